The number of aliphatic hydroxyl groups excluding tert-OH is 1. The van der Waals surface area contributed by atoms with E-state index in [1.54, 1.807) is 24.3 Å². The lowest BCUT2D eigenvalue weighted by molar-refractivity contribution is 0.0224. The van der Waals surface area contributed by atoms with E-state index in [-0.39, 0.29) is 17.0 Å². The number of phenols is 1. The summed E-state index contributed by atoms with van der Waals surface area (Å²) < 4.78 is 0. The maximum Gasteiger partial charge on any atom is 0.115 e. The van der Waals surface area contributed by atoms with Crippen molar-refractivity contribution in [1.82, 2.24) is 5.32 Å². The van der Waals surface area contributed by atoms with E-state index in [0.29, 0.717) is 13.0 Å². The second kappa shape index (κ2) is 9.11. The van der Waals surface area contributed by atoms with Gasteiger partial charge in [-0.15, -0.1) is 0 Å². The van der Waals surface area contributed by atoms with Crippen LogP contribution < -0.4 is 5.32 Å². The lowest BCUT2D eigenvalue weighted by atomic mass is 9.85. The molecule has 0 aromatic heterocycles. The molecule has 2 aromatic carbocycles. The molecular formula is C22H29NO3S. The van der Waals surface area contributed by atoms with Crippen molar-refractivity contribution in [2.75, 3.05) is 12.3 Å². The van der Waals surface area contributed by atoms with Gasteiger partial charge >= 0.3 is 0 Å². The summed E-state index contributed by atoms with van der Waals surface area (Å²) in [5, 5.41) is 35.0. The zero-order valence-electron chi connectivity index (χ0n) is 15.7. The van der Waals surface area contributed by atoms with Crippen molar-refractivity contribution in [2.24, 2.45) is 0 Å². The van der Waals surface area contributed by atoms with Gasteiger partial charge in [-0.2, -0.15) is 11.8 Å². The van der Waals surface area contributed by atoms with Gasteiger partial charge in [0.15, 0.2) is 0 Å². The van der Waals surface area contributed by atoms with Crippen LogP contribution in [0.4, 0.5) is 0 Å². The highest BCUT2D eigenvalue weighted by atomic mass is 32.2. The van der Waals surface area contributed by atoms with Crippen LogP contribution in [0.3, 0.4) is 0 Å². The van der Waals surface area contributed by atoms with Crippen molar-refractivity contribution in [1.29, 1.82) is 0 Å². The minimum atomic E-state index is -0.862. The number of nitrogens with one attached hydrogen (secondary N) is 1. The van der Waals surface area contributed by atoms with Crippen molar-refractivity contribution >= 4 is 11.8 Å². The SMILES string of the molecule is CC(NCCC(O)(c1ccccc1)C1CCCS1)C(O)c1ccc(O)cc1. The van der Waals surface area contributed by atoms with Gasteiger partial charge in [-0.25, -0.2) is 0 Å². The summed E-state index contributed by atoms with van der Waals surface area (Å²) >= 11 is 1.86. The lowest BCUT2D eigenvalue weighted by Gasteiger charge is -2.35. The molecule has 4 atom stereocenters. The van der Waals surface area contributed by atoms with Gasteiger partial charge in [0, 0.05) is 11.3 Å². The Kier molecular flexibility index (Phi) is 6.82. The summed E-state index contributed by atoms with van der Waals surface area (Å²) in [6.45, 7) is 2.54. The maximum absolute atomic E-state index is 11.5. The summed E-state index contributed by atoms with van der Waals surface area (Å²) in [7, 11) is 0. The second-order valence-corrected chi connectivity index (χ2v) is 8.63. The molecule has 4 nitrogen and oxygen atoms in total. The molecule has 1 saturated heterocycles. The molecule has 4 N–H and O–H groups in total. The third kappa shape index (κ3) is 4.85. The average Bonchev–Trinajstić information content (AvgIpc) is 3.24. The quantitative estimate of drug-likeness (QED) is 0.557. The van der Waals surface area contributed by atoms with Gasteiger partial charge in [-0.3, -0.25) is 0 Å². The van der Waals surface area contributed by atoms with Crippen molar-refractivity contribution in [3.8, 4) is 5.75 Å². The molecule has 0 spiro atoms. The van der Waals surface area contributed by atoms with Gasteiger partial charge in [0.2, 0.25) is 0 Å². The third-order valence-corrected chi connectivity index (χ3v) is 6.97. The van der Waals surface area contributed by atoms with Gasteiger partial charge in [-0.1, -0.05) is 42.5 Å². The van der Waals surface area contributed by atoms with Crippen LogP contribution in [-0.4, -0.2) is 38.9 Å². The zero-order chi connectivity index (χ0) is 19.3. The van der Waals surface area contributed by atoms with Crippen LogP contribution in [0.1, 0.15) is 43.4 Å². The molecule has 0 aliphatic carbocycles. The minimum Gasteiger partial charge on any atom is -0.508 e. The summed E-state index contributed by atoms with van der Waals surface area (Å²) in [5.41, 5.74) is 0.869. The second-order valence-electron chi connectivity index (χ2n) is 7.32. The van der Waals surface area contributed by atoms with Crippen molar-refractivity contribution in [3.05, 3.63) is 65.7 Å². The zero-order valence-corrected chi connectivity index (χ0v) is 16.5. The maximum atomic E-state index is 11.5. The Morgan fingerprint density at radius 2 is 1.85 bits per heavy atom. The summed E-state index contributed by atoms with van der Waals surface area (Å²) in [6.07, 6.45) is 2.10. The van der Waals surface area contributed by atoms with E-state index in [1.807, 2.05) is 49.0 Å². The van der Waals surface area contributed by atoms with Gasteiger partial charge in [0.1, 0.15) is 11.4 Å². The fourth-order valence-corrected chi connectivity index (χ4v) is 5.22. The number of aliphatic hydroxyl groups is 2. The highest BCUT2D eigenvalue weighted by Gasteiger charge is 2.40. The Morgan fingerprint density at radius 1 is 1.15 bits per heavy atom. The molecule has 1 heterocycles. The van der Waals surface area contributed by atoms with Crippen molar-refractivity contribution in [2.45, 2.75) is 49.2 Å². The third-order valence-electron chi connectivity index (χ3n) is 5.42. The van der Waals surface area contributed by atoms with Crippen LogP contribution in [0.25, 0.3) is 0 Å². The first-order valence-electron chi connectivity index (χ1n) is 9.60. The highest BCUT2D eigenvalue weighted by Crippen LogP contribution is 2.42. The standard InChI is InChI=1S/C22H29NO3S/c1-16(21(25)17-9-11-19(24)12-10-17)23-14-13-22(26,20-8-5-15-27-20)18-6-3-2-4-7-18/h2-4,6-7,9-12,16,20-21,23-26H,5,8,13-15H2,1H3. The number of hydrogen-bond donors (Lipinski definition) is 4. The number of rotatable bonds is 8. The van der Waals surface area contributed by atoms with E-state index in [0.717, 1.165) is 29.7 Å². The Hall–Kier alpha value is -1.53. The van der Waals surface area contributed by atoms with E-state index in [2.05, 4.69) is 5.32 Å². The van der Waals surface area contributed by atoms with Crippen LogP contribution in [0.5, 0.6) is 5.75 Å². The monoisotopic (exact) mass is 387 g/mol. The van der Waals surface area contributed by atoms with E-state index in [4.69, 9.17) is 0 Å². The first-order valence-corrected chi connectivity index (χ1v) is 10.7. The first-order chi connectivity index (χ1) is 13.0. The first kappa shape index (κ1) is 20.2. The fraction of sp³-hybridized carbons (Fsp3) is 0.455. The Bertz CT molecular complexity index is 703. The average molecular weight is 388 g/mol. The predicted octanol–water partition coefficient (Wildman–Crippen LogP) is 3.58. The molecule has 2 aromatic rings. The molecule has 3 rings (SSSR count). The minimum absolute atomic E-state index is 0.161. The molecular weight excluding hydrogens is 358 g/mol. The number of aromatic hydroxyl groups is 1. The lowest BCUT2D eigenvalue weighted by Crippen LogP contribution is -2.41. The van der Waals surface area contributed by atoms with Gasteiger partial charge in [0.25, 0.3) is 0 Å². The molecule has 1 aliphatic heterocycles. The van der Waals surface area contributed by atoms with Crippen molar-refractivity contribution in [3.63, 3.8) is 0 Å². The van der Waals surface area contributed by atoms with Crippen LogP contribution in [0.2, 0.25) is 0 Å². The molecule has 1 fully saturated rings. The fourth-order valence-electron chi connectivity index (χ4n) is 3.73. The van der Waals surface area contributed by atoms with E-state index >= 15 is 0 Å². The number of benzene rings is 2. The van der Waals surface area contributed by atoms with Crippen LogP contribution >= 0.6 is 11.8 Å². The smallest absolute Gasteiger partial charge is 0.115 e. The number of hydrogen-bond acceptors (Lipinski definition) is 5. The molecule has 4 unspecified atom stereocenters. The molecule has 0 saturated carbocycles. The summed E-state index contributed by atoms with van der Waals surface area (Å²) in [5.74, 6) is 1.29. The van der Waals surface area contributed by atoms with Crippen LogP contribution in [0.15, 0.2) is 54.6 Å². The molecule has 1 aliphatic rings. The molecule has 0 amide bonds. The van der Waals surface area contributed by atoms with Gasteiger partial charge < -0.3 is 20.6 Å². The molecule has 0 bridgehead atoms. The molecule has 0 radical (unpaired) electrons. The summed E-state index contributed by atoms with van der Waals surface area (Å²) in [4.78, 5) is 0. The van der Waals surface area contributed by atoms with Crippen LogP contribution in [-0.2, 0) is 5.60 Å². The molecule has 5 heteroatoms. The largest absolute Gasteiger partial charge is 0.508 e. The topological polar surface area (TPSA) is 72.7 Å². The normalized spacial score (nSPS) is 21.5. The van der Waals surface area contributed by atoms with E-state index < -0.39 is 11.7 Å². The van der Waals surface area contributed by atoms with E-state index in [1.165, 1.54) is 0 Å². The highest BCUT2D eigenvalue weighted by molar-refractivity contribution is 8.00. The van der Waals surface area contributed by atoms with E-state index in [9.17, 15) is 15.3 Å². The van der Waals surface area contributed by atoms with Gasteiger partial charge in [-0.05, 0) is 61.7 Å². The number of phenolic OH excluding ortho intramolecular Hbond substituents is 1. The summed E-state index contributed by atoms with van der Waals surface area (Å²) in [6, 6.07) is 16.4. The Morgan fingerprint density at radius 3 is 2.48 bits per heavy atom. The van der Waals surface area contributed by atoms with Crippen LogP contribution in [0, 0.1) is 0 Å². The van der Waals surface area contributed by atoms with Crippen molar-refractivity contribution < 1.29 is 15.3 Å². The van der Waals surface area contributed by atoms with Gasteiger partial charge in [0.05, 0.1) is 6.10 Å². The Balaban J connectivity index is 1.62. The predicted molar refractivity (Wildman–Crippen MR) is 111 cm³/mol. The molecule has 27 heavy (non-hydrogen) atoms. The molecule has 146 valence electrons. The number of thioether (sulfide) groups is 1. The Labute approximate surface area is 165 Å².